The summed E-state index contributed by atoms with van der Waals surface area (Å²) < 4.78 is 108. The third-order valence-corrected chi connectivity index (χ3v) is 11.9. The summed E-state index contributed by atoms with van der Waals surface area (Å²) in [5.74, 6) is 1.24. The van der Waals surface area contributed by atoms with Gasteiger partial charge in [0.1, 0.15) is 11.6 Å². The Morgan fingerprint density at radius 2 is 1.20 bits per heavy atom. The highest BCUT2D eigenvalue weighted by molar-refractivity contribution is 5.98. The fraction of sp³-hybridized carbons (Fsp3) is 0.200. The van der Waals surface area contributed by atoms with E-state index in [2.05, 4.69) is 67.8 Å². The van der Waals surface area contributed by atoms with Crippen molar-refractivity contribution in [2.45, 2.75) is 72.9 Å². The number of nitrogens with zero attached hydrogens (tertiary/aromatic N) is 3. The molecule has 0 saturated carbocycles. The van der Waals surface area contributed by atoms with Crippen molar-refractivity contribution in [2.75, 3.05) is 7.11 Å². The smallest absolute Gasteiger partial charge is 0.149 e. The van der Waals surface area contributed by atoms with Gasteiger partial charge in [-0.1, -0.05) is 150 Å². The van der Waals surface area contributed by atoms with E-state index in [0.717, 1.165) is 66.8 Å². The molecule has 0 radical (unpaired) electrons. The number of aryl methyl sites for hydroxylation is 3. The molecule has 0 aliphatic rings. The maximum absolute atomic E-state index is 8.46. The average molecular weight is 848 g/mol. The average Bonchev–Trinajstić information content (AvgIpc) is 3.83. The predicted molar refractivity (Wildman–Crippen MR) is 270 cm³/mol. The van der Waals surface area contributed by atoms with Crippen LogP contribution in [0, 0.1) is 20.7 Å². The van der Waals surface area contributed by atoms with E-state index in [1.165, 1.54) is 12.1 Å². The molecule has 0 aliphatic carbocycles. The molecular formula is C60H57N3O. The van der Waals surface area contributed by atoms with E-state index in [0.29, 0.717) is 39.5 Å². The van der Waals surface area contributed by atoms with E-state index in [9.17, 15) is 0 Å². The zero-order chi connectivity index (χ0) is 54.9. The second-order valence-electron chi connectivity index (χ2n) is 17.6. The summed E-state index contributed by atoms with van der Waals surface area (Å²) in [5, 5.41) is 0. The molecule has 0 amide bonds. The summed E-state index contributed by atoms with van der Waals surface area (Å²) in [5.41, 5.74) is 10.3. The first-order valence-electron chi connectivity index (χ1n) is 27.3. The second-order valence-corrected chi connectivity index (χ2v) is 17.6. The van der Waals surface area contributed by atoms with Crippen LogP contribution in [0.15, 0.2) is 164 Å². The molecule has 9 rings (SSSR count). The summed E-state index contributed by atoms with van der Waals surface area (Å²) in [7, 11) is 1.65. The van der Waals surface area contributed by atoms with Crippen molar-refractivity contribution in [3.8, 4) is 78.6 Å². The van der Waals surface area contributed by atoms with Crippen LogP contribution in [0.5, 0.6) is 5.75 Å². The number of pyridine rings is 1. The first kappa shape index (κ1) is 30.1. The number of rotatable bonds is 8. The molecule has 0 bridgehead atoms. The number of benzene rings is 7. The van der Waals surface area contributed by atoms with Crippen LogP contribution in [0.3, 0.4) is 0 Å². The summed E-state index contributed by atoms with van der Waals surface area (Å²) in [6, 6.07) is 49.2. The quantitative estimate of drug-likeness (QED) is 0.153. The van der Waals surface area contributed by atoms with Crippen molar-refractivity contribution in [1.82, 2.24) is 14.5 Å². The highest BCUT2D eigenvalue weighted by Crippen LogP contribution is 2.43. The molecule has 0 unspecified atom stereocenters. The molecule has 318 valence electrons. The van der Waals surface area contributed by atoms with E-state index in [1.54, 1.807) is 43.6 Å². The van der Waals surface area contributed by atoms with Gasteiger partial charge in [0.05, 0.1) is 35.1 Å². The maximum Gasteiger partial charge on any atom is 0.149 e. The van der Waals surface area contributed by atoms with Gasteiger partial charge < -0.3 is 4.74 Å². The number of para-hydroxylation sites is 1. The van der Waals surface area contributed by atoms with Crippen LogP contribution >= 0.6 is 0 Å². The Balaban J connectivity index is 1.26. The van der Waals surface area contributed by atoms with E-state index < -0.39 is 32.8 Å². The Morgan fingerprint density at radius 1 is 0.531 bits per heavy atom. The minimum atomic E-state index is -3.39. The Labute approximate surface area is 396 Å². The van der Waals surface area contributed by atoms with Crippen molar-refractivity contribution in [2.24, 2.45) is 0 Å². The molecule has 64 heavy (non-hydrogen) atoms. The molecule has 4 nitrogen and oxygen atoms in total. The highest BCUT2D eigenvalue weighted by atomic mass is 16.5. The molecule has 0 saturated heterocycles. The van der Waals surface area contributed by atoms with Gasteiger partial charge in [-0.05, 0) is 142 Å². The Kier molecular flexibility index (Phi) is 7.80. The van der Waals surface area contributed by atoms with Crippen molar-refractivity contribution in [1.29, 1.82) is 0 Å². The summed E-state index contributed by atoms with van der Waals surface area (Å²) >= 11 is 0. The second kappa shape index (κ2) is 16.6. The number of hydrogen-bond donors (Lipinski definition) is 0. The minimum Gasteiger partial charge on any atom is -0.496 e. The number of imidazole rings is 1. The standard InChI is InChI=1S/C60H57N3O/c1-38-19-28-54(51(32-38)43-22-26-49(27-23-43)60(7,8)9)63-55-18-14-17-50(56(55)62-58(63)52-33-39(2)31-40(3)57(52)64-10)46-34-45(41-15-12-11-13-16-41)35-47(36-46)53-37-44(29-30-61-53)42-20-24-48(25-21-42)59(4,5)6/h11-37H,1-10H3/i1D3,4D3,5D3,6D3. The largest absolute Gasteiger partial charge is 0.496 e. The minimum absolute atomic E-state index is 0.109. The van der Waals surface area contributed by atoms with E-state index in [1.807, 2.05) is 86.6 Å². The topological polar surface area (TPSA) is 39.9 Å². The molecule has 0 aliphatic heterocycles. The lowest BCUT2D eigenvalue weighted by molar-refractivity contribution is 0.413. The number of hydrogen-bond acceptors (Lipinski definition) is 3. The fourth-order valence-electron chi connectivity index (χ4n) is 8.67. The number of aromatic nitrogens is 3. The van der Waals surface area contributed by atoms with Crippen LogP contribution in [0.2, 0.25) is 0 Å². The fourth-order valence-corrected chi connectivity index (χ4v) is 8.67. The highest BCUT2D eigenvalue weighted by Gasteiger charge is 2.24. The molecule has 9 aromatic rings. The van der Waals surface area contributed by atoms with Gasteiger partial charge in [-0.2, -0.15) is 0 Å². The summed E-state index contributed by atoms with van der Waals surface area (Å²) in [4.78, 5) is 10.4. The first-order valence-corrected chi connectivity index (χ1v) is 21.3. The molecule has 0 spiro atoms. The lowest BCUT2D eigenvalue weighted by atomic mass is 9.86. The molecule has 0 fully saturated rings. The Hall–Kier alpha value is -7.04. The van der Waals surface area contributed by atoms with Crippen molar-refractivity contribution < 1.29 is 21.2 Å². The SMILES string of the molecule is [2H]C([2H])([2H])c1ccc(-n2c(-c3cc(C)cc(C)c3OC)nc3c(-c4cc(-c5ccccc5)cc(-c5cc(-c6ccc(C(C([2H])([2H])[2H])(C([2H])([2H])[2H])C([2H])([2H])[2H])cc6)ccn5)c4)cccc32)c(-c2ccc(C(C)(C)C)cc2)c1. The van der Waals surface area contributed by atoms with Crippen LogP contribution < -0.4 is 4.74 Å². The van der Waals surface area contributed by atoms with Crippen molar-refractivity contribution in [3.05, 3.63) is 192 Å². The predicted octanol–water partition coefficient (Wildman–Crippen LogP) is 16.0. The van der Waals surface area contributed by atoms with Gasteiger partial charge in [-0.25, -0.2) is 4.98 Å². The van der Waals surface area contributed by atoms with Gasteiger partial charge in [-0.3, -0.25) is 9.55 Å². The normalized spacial score (nSPS) is 15.5. The van der Waals surface area contributed by atoms with E-state index >= 15 is 0 Å². The third kappa shape index (κ3) is 8.17. The lowest BCUT2D eigenvalue weighted by Crippen LogP contribution is -2.10. The number of ether oxygens (including phenoxy) is 1. The summed E-state index contributed by atoms with van der Waals surface area (Å²) in [6.07, 6.45) is 1.66. The van der Waals surface area contributed by atoms with Crippen LogP contribution in [-0.4, -0.2) is 21.6 Å². The zero-order valence-corrected chi connectivity index (χ0v) is 36.8. The first-order chi connectivity index (χ1) is 35.6. The van der Waals surface area contributed by atoms with Gasteiger partial charge in [0.2, 0.25) is 0 Å². The van der Waals surface area contributed by atoms with Crippen molar-refractivity contribution in [3.63, 3.8) is 0 Å². The molecule has 7 aromatic carbocycles. The number of methoxy groups -OCH3 is 1. The van der Waals surface area contributed by atoms with Crippen LogP contribution in [-0.2, 0) is 10.8 Å². The van der Waals surface area contributed by atoms with Gasteiger partial charge in [-0.15, -0.1) is 0 Å². The molecule has 2 aromatic heterocycles. The summed E-state index contributed by atoms with van der Waals surface area (Å²) in [6.45, 7) is -2.04. The Morgan fingerprint density at radius 3 is 1.91 bits per heavy atom. The lowest BCUT2D eigenvalue weighted by Gasteiger charge is -2.21. The van der Waals surface area contributed by atoms with Crippen molar-refractivity contribution >= 4 is 11.0 Å². The van der Waals surface area contributed by atoms with Crippen LogP contribution in [0.25, 0.3) is 83.9 Å². The van der Waals surface area contributed by atoms with Gasteiger partial charge >= 0.3 is 0 Å². The zero-order valence-electron chi connectivity index (χ0n) is 48.8. The Bertz CT molecular complexity index is 3590. The molecule has 4 heteroatoms. The van der Waals surface area contributed by atoms with E-state index in [-0.39, 0.29) is 16.5 Å². The van der Waals surface area contributed by atoms with Crippen LogP contribution in [0.1, 0.15) is 85.6 Å². The third-order valence-electron chi connectivity index (χ3n) is 11.9. The van der Waals surface area contributed by atoms with Gasteiger partial charge in [0, 0.05) is 39.3 Å². The van der Waals surface area contributed by atoms with Crippen LogP contribution in [0.4, 0.5) is 0 Å². The molecule has 2 heterocycles. The number of fused-ring (bicyclic) bond motifs is 1. The maximum atomic E-state index is 8.46. The molecular weight excluding hydrogens is 779 g/mol. The molecule has 0 N–H and O–H groups in total. The molecule has 0 atom stereocenters. The van der Waals surface area contributed by atoms with Gasteiger partial charge in [0.15, 0.2) is 0 Å². The van der Waals surface area contributed by atoms with Gasteiger partial charge in [0.25, 0.3) is 0 Å². The monoisotopic (exact) mass is 848 g/mol. The van der Waals surface area contributed by atoms with E-state index in [4.69, 9.17) is 31.2 Å².